The number of nitrogens with two attached hydrogens (primary N) is 3. The molecule has 0 bridgehead atoms. The van der Waals surface area contributed by atoms with Crippen LogP contribution in [0.3, 0.4) is 0 Å². The number of hydrogen-bond acceptors (Lipinski definition) is 7. The first kappa shape index (κ1) is 6.77. The molecule has 0 aromatic carbocycles. The Kier molecular flexibility index (Phi) is 1.15. The number of aliphatic imine (C=N–C) groups is 2. The predicted octanol–water partition coefficient (Wildman–Crippen LogP) is -2.03. The molecule has 0 aromatic heterocycles. The van der Waals surface area contributed by atoms with Crippen molar-refractivity contribution >= 4 is 23.5 Å². The van der Waals surface area contributed by atoms with E-state index in [1.165, 1.54) is 0 Å². The van der Waals surface area contributed by atoms with Crippen molar-refractivity contribution in [2.75, 3.05) is 0 Å². The zero-order valence-corrected chi connectivity index (χ0v) is 6.10. The fourth-order valence-corrected chi connectivity index (χ4v) is 1.07. The van der Waals surface area contributed by atoms with Crippen LogP contribution in [0.5, 0.6) is 0 Å². The first-order valence-corrected chi connectivity index (χ1v) is 3.27. The minimum absolute atomic E-state index is 0.0902. The topological polar surface area (TPSA) is 127 Å². The summed E-state index contributed by atoms with van der Waals surface area (Å²) in [5.41, 5.74) is 16.4. The standard InChI is InChI=1S/C5H7N7/c6-2-1-3(7)11-12-4(1)10-5(8)9-2/h1H,(H2,7,11)(H4,6,8,9,10,12). The molecule has 0 fully saturated rings. The van der Waals surface area contributed by atoms with E-state index in [0.717, 1.165) is 0 Å². The van der Waals surface area contributed by atoms with Crippen molar-refractivity contribution in [2.24, 2.45) is 43.3 Å². The SMILES string of the molecule is NC1=NC2=NN=C(N)C2C(N)=N1. The summed E-state index contributed by atoms with van der Waals surface area (Å²) < 4.78 is 0. The van der Waals surface area contributed by atoms with Crippen LogP contribution in [0, 0.1) is 5.92 Å². The molecule has 0 radical (unpaired) electrons. The van der Waals surface area contributed by atoms with Gasteiger partial charge in [-0.05, 0) is 0 Å². The van der Waals surface area contributed by atoms with Gasteiger partial charge >= 0.3 is 0 Å². The van der Waals surface area contributed by atoms with Gasteiger partial charge in [0, 0.05) is 0 Å². The second kappa shape index (κ2) is 2.03. The normalized spacial score (nSPS) is 26.8. The second-order valence-corrected chi connectivity index (χ2v) is 2.42. The molecule has 1 atom stereocenters. The van der Waals surface area contributed by atoms with Gasteiger partial charge in [0.15, 0.2) is 5.84 Å². The minimum atomic E-state index is -0.378. The van der Waals surface area contributed by atoms with Gasteiger partial charge in [0.1, 0.15) is 17.6 Å². The van der Waals surface area contributed by atoms with Crippen LogP contribution in [-0.4, -0.2) is 23.5 Å². The van der Waals surface area contributed by atoms with E-state index in [0.29, 0.717) is 17.5 Å². The summed E-state index contributed by atoms with van der Waals surface area (Å²) in [7, 11) is 0. The molecular weight excluding hydrogens is 158 g/mol. The monoisotopic (exact) mass is 165 g/mol. The Hall–Kier alpha value is -1.92. The summed E-state index contributed by atoms with van der Waals surface area (Å²) in [5.74, 6) is 0.727. The summed E-state index contributed by atoms with van der Waals surface area (Å²) in [6.07, 6.45) is 0. The van der Waals surface area contributed by atoms with Crippen molar-refractivity contribution in [2.45, 2.75) is 0 Å². The van der Waals surface area contributed by atoms with Crippen molar-refractivity contribution in [3.05, 3.63) is 0 Å². The molecule has 0 amide bonds. The maximum Gasteiger partial charge on any atom is 0.223 e. The highest BCUT2D eigenvalue weighted by molar-refractivity contribution is 6.28. The Bertz CT molecular complexity index is 347. The van der Waals surface area contributed by atoms with Crippen LogP contribution in [0.15, 0.2) is 20.2 Å². The molecule has 2 aliphatic rings. The van der Waals surface area contributed by atoms with Crippen LogP contribution in [0.1, 0.15) is 0 Å². The summed E-state index contributed by atoms with van der Waals surface area (Å²) >= 11 is 0. The van der Waals surface area contributed by atoms with Crippen LogP contribution in [0.2, 0.25) is 0 Å². The van der Waals surface area contributed by atoms with Crippen LogP contribution in [-0.2, 0) is 0 Å². The fraction of sp³-hybridized carbons (Fsp3) is 0.200. The lowest BCUT2D eigenvalue weighted by atomic mass is 10.1. The number of hydrogen-bond donors (Lipinski definition) is 3. The van der Waals surface area contributed by atoms with Gasteiger partial charge in [0.25, 0.3) is 0 Å². The van der Waals surface area contributed by atoms with Crippen LogP contribution >= 0.6 is 0 Å². The molecule has 7 heteroatoms. The molecule has 2 rings (SSSR count). The average Bonchev–Trinajstić information content (AvgIpc) is 2.31. The lowest BCUT2D eigenvalue weighted by molar-refractivity contribution is 1.18. The van der Waals surface area contributed by atoms with Gasteiger partial charge in [-0.1, -0.05) is 0 Å². The van der Waals surface area contributed by atoms with Crippen molar-refractivity contribution < 1.29 is 0 Å². The zero-order chi connectivity index (χ0) is 8.72. The molecule has 0 saturated carbocycles. The highest BCUT2D eigenvalue weighted by Crippen LogP contribution is 2.13. The summed E-state index contributed by atoms with van der Waals surface area (Å²) in [5, 5.41) is 7.32. The van der Waals surface area contributed by atoms with Gasteiger partial charge in [-0.15, -0.1) is 10.2 Å². The first-order chi connectivity index (χ1) is 5.68. The van der Waals surface area contributed by atoms with Crippen molar-refractivity contribution in [1.29, 1.82) is 0 Å². The number of amidine groups is 3. The first-order valence-electron chi connectivity index (χ1n) is 3.27. The predicted molar refractivity (Wildman–Crippen MR) is 45.8 cm³/mol. The Labute approximate surface area is 67.8 Å². The van der Waals surface area contributed by atoms with Gasteiger partial charge < -0.3 is 17.2 Å². The highest BCUT2D eigenvalue weighted by atomic mass is 15.3. The van der Waals surface area contributed by atoms with E-state index in [1.807, 2.05) is 0 Å². The summed E-state index contributed by atoms with van der Waals surface area (Å²) in [4.78, 5) is 7.58. The van der Waals surface area contributed by atoms with Crippen molar-refractivity contribution in [3.63, 3.8) is 0 Å². The van der Waals surface area contributed by atoms with Crippen molar-refractivity contribution in [3.8, 4) is 0 Å². The quantitative estimate of drug-likeness (QED) is 0.383. The third-order valence-corrected chi connectivity index (χ3v) is 1.59. The van der Waals surface area contributed by atoms with Crippen LogP contribution < -0.4 is 17.2 Å². The molecule has 0 saturated heterocycles. The van der Waals surface area contributed by atoms with Crippen molar-refractivity contribution in [1.82, 2.24) is 0 Å². The third kappa shape index (κ3) is 0.760. The van der Waals surface area contributed by atoms with E-state index in [9.17, 15) is 0 Å². The number of nitrogens with zero attached hydrogens (tertiary/aromatic N) is 4. The molecule has 2 heterocycles. The maximum atomic E-state index is 5.55. The number of rotatable bonds is 0. The van der Waals surface area contributed by atoms with E-state index in [1.54, 1.807) is 0 Å². The molecule has 62 valence electrons. The van der Waals surface area contributed by atoms with Gasteiger partial charge in [-0.3, -0.25) is 0 Å². The van der Waals surface area contributed by atoms with Gasteiger partial charge in [0.2, 0.25) is 5.96 Å². The molecule has 12 heavy (non-hydrogen) atoms. The molecule has 2 aliphatic heterocycles. The lowest BCUT2D eigenvalue weighted by Crippen LogP contribution is -2.42. The third-order valence-electron chi connectivity index (χ3n) is 1.59. The summed E-state index contributed by atoms with van der Waals surface area (Å²) in [6, 6.07) is 0. The largest absolute Gasteiger partial charge is 0.386 e. The number of guanidine groups is 1. The smallest absolute Gasteiger partial charge is 0.223 e. The van der Waals surface area contributed by atoms with Gasteiger partial charge in [-0.2, -0.15) is 9.98 Å². The Morgan fingerprint density at radius 3 is 2.42 bits per heavy atom. The minimum Gasteiger partial charge on any atom is -0.386 e. The zero-order valence-electron chi connectivity index (χ0n) is 6.10. The van der Waals surface area contributed by atoms with Gasteiger partial charge in [-0.25, -0.2) is 0 Å². The molecule has 0 aliphatic carbocycles. The molecule has 0 spiro atoms. The lowest BCUT2D eigenvalue weighted by Gasteiger charge is -2.13. The van der Waals surface area contributed by atoms with E-state index in [4.69, 9.17) is 17.2 Å². The van der Waals surface area contributed by atoms with Gasteiger partial charge in [0.05, 0.1) is 0 Å². The molecular formula is C5H7N7. The molecule has 7 nitrogen and oxygen atoms in total. The maximum absolute atomic E-state index is 5.55. The molecule has 6 N–H and O–H groups in total. The highest BCUT2D eigenvalue weighted by Gasteiger charge is 2.31. The van der Waals surface area contributed by atoms with Crippen LogP contribution in [0.25, 0.3) is 0 Å². The fourth-order valence-electron chi connectivity index (χ4n) is 1.07. The van der Waals surface area contributed by atoms with E-state index >= 15 is 0 Å². The second-order valence-electron chi connectivity index (χ2n) is 2.42. The van der Waals surface area contributed by atoms with E-state index in [2.05, 4.69) is 20.2 Å². The average molecular weight is 165 g/mol. The summed E-state index contributed by atoms with van der Waals surface area (Å²) in [6.45, 7) is 0. The Morgan fingerprint density at radius 1 is 0.917 bits per heavy atom. The van der Waals surface area contributed by atoms with E-state index < -0.39 is 0 Å². The van der Waals surface area contributed by atoms with Crippen LogP contribution in [0.4, 0.5) is 0 Å². The molecule has 0 aromatic rings. The van der Waals surface area contributed by atoms with E-state index in [-0.39, 0.29) is 11.9 Å². The Morgan fingerprint density at radius 2 is 1.67 bits per heavy atom. The molecule has 1 unspecified atom stereocenters. The Balaban J connectivity index is 2.45. The number of fused-ring (bicyclic) bond motifs is 1.